The Balaban J connectivity index is 1.61. The van der Waals surface area contributed by atoms with Gasteiger partial charge in [0.25, 0.3) is 0 Å². The molecule has 1 atom stereocenters. The Hall–Kier alpha value is -3.60. The van der Waals surface area contributed by atoms with E-state index in [1.807, 2.05) is 54.6 Å². The van der Waals surface area contributed by atoms with Gasteiger partial charge in [0.15, 0.2) is 6.10 Å². The van der Waals surface area contributed by atoms with Crippen molar-refractivity contribution in [2.75, 3.05) is 6.61 Å². The van der Waals surface area contributed by atoms with Crippen molar-refractivity contribution in [3.05, 3.63) is 84.4 Å². The molecule has 5 heteroatoms. The molecule has 0 aliphatic carbocycles. The second-order valence-corrected chi connectivity index (χ2v) is 6.32. The Morgan fingerprint density at radius 3 is 2.21 bits per heavy atom. The third-order valence-electron chi connectivity index (χ3n) is 4.17. The number of rotatable bonds is 7. The van der Waals surface area contributed by atoms with E-state index in [1.54, 1.807) is 32.0 Å². The molecule has 5 nitrogen and oxygen atoms in total. The quantitative estimate of drug-likeness (QED) is 0.424. The first kappa shape index (κ1) is 20.1. The number of hydrogen-bond acceptors (Lipinski definition) is 5. The van der Waals surface area contributed by atoms with Gasteiger partial charge in [-0.15, -0.1) is 0 Å². The summed E-state index contributed by atoms with van der Waals surface area (Å²) >= 11 is 0. The van der Waals surface area contributed by atoms with Gasteiger partial charge in [-0.25, -0.2) is 9.59 Å². The van der Waals surface area contributed by atoms with Crippen LogP contribution in [0.4, 0.5) is 0 Å². The van der Waals surface area contributed by atoms with Crippen molar-refractivity contribution in [2.24, 2.45) is 0 Å². The average Bonchev–Trinajstić information content (AvgIpc) is 2.75. The van der Waals surface area contributed by atoms with E-state index in [1.165, 1.54) is 6.07 Å². The monoisotopic (exact) mass is 390 g/mol. The van der Waals surface area contributed by atoms with E-state index in [0.29, 0.717) is 11.3 Å². The van der Waals surface area contributed by atoms with Crippen LogP contribution in [0.5, 0.6) is 11.5 Å². The molecule has 0 spiro atoms. The Labute approximate surface area is 169 Å². The number of benzene rings is 3. The van der Waals surface area contributed by atoms with Gasteiger partial charge in [-0.05, 0) is 55.3 Å². The molecule has 3 rings (SSSR count). The smallest absolute Gasteiger partial charge is 0.352 e. The van der Waals surface area contributed by atoms with Crippen LogP contribution < -0.4 is 9.47 Å². The van der Waals surface area contributed by atoms with E-state index >= 15 is 0 Å². The molecule has 0 N–H and O–H groups in total. The second-order valence-electron chi connectivity index (χ2n) is 6.32. The number of carbonyl (C=O) groups is 2. The molecule has 0 bridgehead atoms. The van der Waals surface area contributed by atoms with Crippen molar-refractivity contribution in [1.29, 1.82) is 0 Å². The summed E-state index contributed by atoms with van der Waals surface area (Å²) in [5.41, 5.74) is 2.49. The van der Waals surface area contributed by atoms with Gasteiger partial charge >= 0.3 is 11.9 Å². The van der Waals surface area contributed by atoms with Crippen LogP contribution in [-0.2, 0) is 9.53 Å². The molecular weight excluding hydrogens is 368 g/mol. The zero-order valence-corrected chi connectivity index (χ0v) is 16.3. The molecule has 0 aliphatic rings. The van der Waals surface area contributed by atoms with E-state index < -0.39 is 18.0 Å². The molecule has 0 aromatic heterocycles. The third-order valence-corrected chi connectivity index (χ3v) is 4.17. The maximum Gasteiger partial charge on any atom is 0.352 e. The Bertz CT molecular complexity index is 964. The minimum Gasteiger partial charge on any atom is -0.479 e. The first-order valence-electron chi connectivity index (χ1n) is 9.38. The van der Waals surface area contributed by atoms with E-state index in [-0.39, 0.29) is 12.4 Å². The molecule has 0 heterocycles. The molecule has 0 aliphatic heterocycles. The Kier molecular flexibility index (Phi) is 6.63. The summed E-state index contributed by atoms with van der Waals surface area (Å²) in [6, 6.07) is 23.8. The van der Waals surface area contributed by atoms with Gasteiger partial charge < -0.3 is 14.2 Å². The topological polar surface area (TPSA) is 61.8 Å². The highest BCUT2D eigenvalue weighted by molar-refractivity contribution is 5.90. The van der Waals surface area contributed by atoms with Crippen molar-refractivity contribution in [3.63, 3.8) is 0 Å². The molecule has 3 aromatic carbocycles. The van der Waals surface area contributed by atoms with Crippen LogP contribution in [0.15, 0.2) is 78.9 Å². The third kappa shape index (κ3) is 5.45. The number of ether oxygens (including phenoxy) is 3. The first-order chi connectivity index (χ1) is 14.1. The molecule has 29 heavy (non-hydrogen) atoms. The van der Waals surface area contributed by atoms with Crippen molar-refractivity contribution in [1.82, 2.24) is 0 Å². The van der Waals surface area contributed by atoms with Gasteiger partial charge in [0.1, 0.15) is 11.5 Å². The summed E-state index contributed by atoms with van der Waals surface area (Å²) in [7, 11) is 0. The highest BCUT2D eigenvalue weighted by atomic mass is 16.6. The average molecular weight is 390 g/mol. The molecule has 0 fully saturated rings. The fourth-order valence-corrected chi connectivity index (χ4v) is 2.71. The van der Waals surface area contributed by atoms with Gasteiger partial charge in [-0.1, -0.05) is 48.5 Å². The zero-order valence-electron chi connectivity index (χ0n) is 16.3. The molecule has 0 amide bonds. The normalized spacial score (nSPS) is 11.4. The molecule has 0 radical (unpaired) electrons. The lowest BCUT2D eigenvalue weighted by molar-refractivity contribution is -0.141. The van der Waals surface area contributed by atoms with Gasteiger partial charge in [-0.3, -0.25) is 0 Å². The van der Waals surface area contributed by atoms with E-state index in [4.69, 9.17) is 14.2 Å². The van der Waals surface area contributed by atoms with Crippen molar-refractivity contribution < 1.29 is 23.8 Å². The SMILES string of the molecule is CCOC(=O)c1cccc(OC(=O)C(C)Oc2ccc(-c3ccccc3)cc2)c1. The Morgan fingerprint density at radius 2 is 1.52 bits per heavy atom. The summed E-state index contributed by atoms with van der Waals surface area (Å²) in [6.07, 6.45) is -0.816. The van der Waals surface area contributed by atoms with E-state index in [2.05, 4.69) is 0 Å². The highest BCUT2D eigenvalue weighted by Gasteiger charge is 2.18. The largest absolute Gasteiger partial charge is 0.479 e. The predicted molar refractivity (Wildman–Crippen MR) is 110 cm³/mol. The van der Waals surface area contributed by atoms with Crippen LogP contribution >= 0.6 is 0 Å². The van der Waals surface area contributed by atoms with Crippen LogP contribution in [0, 0.1) is 0 Å². The maximum atomic E-state index is 12.3. The fraction of sp³-hybridized carbons (Fsp3) is 0.167. The van der Waals surface area contributed by atoms with Gasteiger partial charge in [0.2, 0.25) is 0 Å². The van der Waals surface area contributed by atoms with Crippen LogP contribution in [-0.4, -0.2) is 24.6 Å². The van der Waals surface area contributed by atoms with Crippen molar-refractivity contribution >= 4 is 11.9 Å². The van der Waals surface area contributed by atoms with Gasteiger partial charge in [0, 0.05) is 0 Å². The fourth-order valence-electron chi connectivity index (χ4n) is 2.71. The molecule has 148 valence electrons. The molecule has 1 unspecified atom stereocenters. The summed E-state index contributed by atoms with van der Waals surface area (Å²) in [5.74, 6) is -0.198. The lowest BCUT2D eigenvalue weighted by Gasteiger charge is -2.14. The second kappa shape index (κ2) is 9.55. The zero-order chi connectivity index (χ0) is 20.6. The number of carbonyl (C=O) groups excluding carboxylic acids is 2. The van der Waals surface area contributed by atoms with Crippen LogP contribution in [0.3, 0.4) is 0 Å². The predicted octanol–water partition coefficient (Wildman–Crippen LogP) is 4.90. The van der Waals surface area contributed by atoms with Crippen LogP contribution in [0.1, 0.15) is 24.2 Å². The minimum absolute atomic E-state index is 0.260. The van der Waals surface area contributed by atoms with Crippen molar-refractivity contribution in [3.8, 4) is 22.6 Å². The van der Waals surface area contributed by atoms with Gasteiger partial charge in [0.05, 0.1) is 12.2 Å². The Morgan fingerprint density at radius 1 is 0.828 bits per heavy atom. The molecule has 3 aromatic rings. The minimum atomic E-state index is -0.816. The van der Waals surface area contributed by atoms with Crippen LogP contribution in [0.2, 0.25) is 0 Å². The van der Waals surface area contributed by atoms with E-state index in [0.717, 1.165) is 11.1 Å². The molecular formula is C24H22O5. The number of esters is 2. The maximum absolute atomic E-state index is 12.3. The summed E-state index contributed by atoms with van der Waals surface area (Å²) in [6.45, 7) is 3.62. The van der Waals surface area contributed by atoms with Gasteiger partial charge in [-0.2, -0.15) is 0 Å². The standard InChI is InChI=1S/C24H22O5/c1-3-27-24(26)20-10-7-11-22(16-20)29-23(25)17(2)28-21-14-12-19(13-15-21)18-8-5-4-6-9-18/h4-17H,3H2,1-2H3. The molecule has 0 saturated heterocycles. The van der Waals surface area contributed by atoms with E-state index in [9.17, 15) is 9.59 Å². The molecule has 0 saturated carbocycles. The summed E-state index contributed by atoms with van der Waals surface area (Å²) in [5, 5.41) is 0. The lowest BCUT2D eigenvalue weighted by atomic mass is 10.1. The first-order valence-corrected chi connectivity index (χ1v) is 9.38. The summed E-state index contributed by atoms with van der Waals surface area (Å²) in [4.78, 5) is 24.1. The summed E-state index contributed by atoms with van der Waals surface area (Å²) < 4.78 is 16.0. The van der Waals surface area contributed by atoms with Crippen molar-refractivity contribution in [2.45, 2.75) is 20.0 Å². The lowest BCUT2D eigenvalue weighted by Crippen LogP contribution is -2.28. The van der Waals surface area contributed by atoms with Crippen LogP contribution in [0.25, 0.3) is 11.1 Å². The number of hydrogen-bond donors (Lipinski definition) is 0. The highest BCUT2D eigenvalue weighted by Crippen LogP contribution is 2.23.